The van der Waals surface area contributed by atoms with E-state index in [1.165, 1.54) is 10.2 Å². The van der Waals surface area contributed by atoms with Gasteiger partial charge in [-0.05, 0) is 50.5 Å². The molecule has 0 saturated carbocycles. The highest BCUT2D eigenvalue weighted by Crippen LogP contribution is 2.15. The Hall–Kier alpha value is -3.74. The summed E-state index contributed by atoms with van der Waals surface area (Å²) in [5.74, 6) is 2.27. The van der Waals surface area contributed by atoms with Crippen molar-refractivity contribution in [2.75, 3.05) is 12.4 Å². The molecule has 164 valence electrons. The van der Waals surface area contributed by atoms with Gasteiger partial charge < -0.3 is 10.1 Å². The Balaban J connectivity index is 1.44. The summed E-state index contributed by atoms with van der Waals surface area (Å²) in [5.41, 5.74) is 1.88. The topological polar surface area (TPSA) is 81.9 Å². The lowest BCUT2D eigenvalue weighted by Gasteiger charge is -2.16. The molecule has 1 unspecified atom stereocenters. The van der Waals surface area contributed by atoms with Gasteiger partial charge in [-0.3, -0.25) is 4.79 Å². The zero-order chi connectivity index (χ0) is 22.5. The summed E-state index contributed by atoms with van der Waals surface area (Å²) in [6.45, 7) is 4.28. The second kappa shape index (κ2) is 9.60. The van der Waals surface area contributed by atoms with Crippen LogP contribution in [0, 0.1) is 6.92 Å². The molecular formula is C25H27N5O2. The van der Waals surface area contributed by atoms with E-state index in [2.05, 4.69) is 39.4 Å². The number of rotatable bonds is 8. The van der Waals surface area contributed by atoms with Gasteiger partial charge >= 0.3 is 0 Å². The minimum atomic E-state index is -0.123. The summed E-state index contributed by atoms with van der Waals surface area (Å²) >= 11 is 0. The zero-order valence-electron chi connectivity index (χ0n) is 18.6. The van der Waals surface area contributed by atoms with Crippen molar-refractivity contribution in [3.63, 3.8) is 0 Å². The van der Waals surface area contributed by atoms with Gasteiger partial charge in [0.05, 0.1) is 30.9 Å². The SMILES string of the molecule is COc1ccc(CCC(C)Nc2cc(Cn3ncc4ccccc4c3=O)nc(C)n2)cc1. The van der Waals surface area contributed by atoms with Gasteiger partial charge in [0.1, 0.15) is 17.4 Å². The molecule has 0 aliphatic carbocycles. The molecule has 0 radical (unpaired) electrons. The lowest BCUT2D eigenvalue weighted by atomic mass is 10.1. The van der Waals surface area contributed by atoms with Crippen molar-refractivity contribution in [1.29, 1.82) is 0 Å². The number of anilines is 1. The maximum atomic E-state index is 12.8. The number of fused-ring (bicyclic) bond motifs is 1. The monoisotopic (exact) mass is 429 g/mol. The number of methoxy groups -OCH3 is 1. The van der Waals surface area contributed by atoms with E-state index in [1.54, 1.807) is 13.3 Å². The molecule has 0 amide bonds. The fraction of sp³-hybridized carbons (Fsp3) is 0.280. The van der Waals surface area contributed by atoms with Crippen LogP contribution in [0.25, 0.3) is 10.8 Å². The zero-order valence-corrected chi connectivity index (χ0v) is 18.6. The second-order valence-electron chi connectivity index (χ2n) is 7.92. The number of benzene rings is 2. The fourth-order valence-corrected chi connectivity index (χ4v) is 3.68. The average Bonchev–Trinajstić information content (AvgIpc) is 2.80. The molecule has 1 N–H and O–H groups in total. The molecule has 7 heteroatoms. The summed E-state index contributed by atoms with van der Waals surface area (Å²) in [6.07, 6.45) is 3.62. The highest BCUT2D eigenvalue weighted by Gasteiger charge is 2.10. The van der Waals surface area contributed by atoms with Crippen LogP contribution in [0.3, 0.4) is 0 Å². The van der Waals surface area contributed by atoms with Crippen LogP contribution in [0.15, 0.2) is 65.6 Å². The number of hydrogen-bond acceptors (Lipinski definition) is 6. The molecule has 7 nitrogen and oxygen atoms in total. The first-order valence-electron chi connectivity index (χ1n) is 10.7. The molecule has 4 rings (SSSR count). The lowest BCUT2D eigenvalue weighted by molar-refractivity contribution is 0.414. The van der Waals surface area contributed by atoms with Crippen molar-refractivity contribution < 1.29 is 4.74 Å². The Kier molecular flexibility index (Phi) is 6.44. The predicted molar refractivity (Wildman–Crippen MR) is 126 cm³/mol. The summed E-state index contributed by atoms with van der Waals surface area (Å²) in [7, 11) is 1.67. The van der Waals surface area contributed by atoms with E-state index in [0.717, 1.165) is 35.5 Å². The second-order valence-corrected chi connectivity index (χ2v) is 7.92. The summed E-state index contributed by atoms with van der Waals surface area (Å²) in [4.78, 5) is 21.8. The molecule has 0 fully saturated rings. The first-order chi connectivity index (χ1) is 15.5. The smallest absolute Gasteiger partial charge is 0.274 e. The average molecular weight is 430 g/mol. The Bertz CT molecular complexity index is 1270. The van der Waals surface area contributed by atoms with Crippen molar-refractivity contribution in [3.8, 4) is 5.75 Å². The first-order valence-corrected chi connectivity index (χ1v) is 10.7. The minimum absolute atomic E-state index is 0.123. The van der Waals surface area contributed by atoms with E-state index >= 15 is 0 Å². The summed E-state index contributed by atoms with van der Waals surface area (Å²) in [5, 5.41) is 9.26. The molecule has 0 spiro atoms. The quantitative estimate of drug-likeness (QED) is 0.456. The normalized spacial score (nSPS) is 12.0. The van der Waals surface area contributed by atoms with Gasteiger partial charge in [0, 0.05) is 17.5 Å². The van der Waals surface area contributed by atoms with Crippen molar-refractivity contribution in [2.45, 2.75) is 39.3 Å². The Morgan fingerprint density at radius 1 is 1.09 bits per heavy atom. The van der Waals surface area contributed by atoms with Crippen LogP contribution in [0.4, 0.5) is 5.82 Å². The van der Waals surface area contributed by atoms with Crippen LogP contribution in [-0.2, 0) is 13.0 Å². The molecule has 32 heavy (non-hydrogen) atoms. The van der Waals surface area contributed by atoms with E-state index in [0.29, 0.717) is 17.8 Å². The number of nitrogens with zero attached hydrogens (tertiary/aromatic N) is 4. The summed E-state index contributed by atoms with van der Waals surface area (Å²) < 4.78 is 6.66. The van der Waals surface area contributed by atoms with Gasteiger partial charge in [0.25, 0.3) is 5.56 Å². The van der Waals surface area contributed by atoms with E-state index in [1.807, 2.05) is 49.4 Å². The van der Waals surface area contributed by atoms with Crippen LogP contribution >= 0.6 is 0 Å². The van der Waals surface area contributed by atoms with Gasteiger partial charge in [0.2, 0.25) is 0 Å². The van der Waals surface area contributed by atoms with E-state index < -0.39 is 0 Å². The molecule has 1 atom stereocenters. The third-order valence-corrected chi connectivity index (χ3v) is 5.38. The van der Waals surface area contributed by atoms with Gasteiger partial charge in [-0.1, -0.05) is 30.3 Å². The maximum Gasteiger partial charge on any atom is 0.274 e. The van der Waals surface area contributed by atoms with Crippen LogP contribution in [0.2, 0.25) is 0 Å². The first kappa shape index (κ1) is 21.5. The molecule has 0 aliphatic rings. The maximum absolute atomic E-state index is 12.8. The van der Waals surface area contributed by atoms with Gasteiger partial charge in [0.15, 0.2) is 0 Å². The van der Waals surface area contributed by atoms with Gasteiger partial charge in [-0.2, -0.15) is 5.10 Å². The van der Waals surface area contributed by atoms with Crippen LogP contribution in [0.1, 0.15) is 30.4 Å². The molecule has 0 aliphatic heterocycles. The molecule has 2 aromatic heterocycles. The third kappa shape index (κ3) is 5.11. The van der Waals surface area contributed by atoms with Crippen molar-refractivity contribution >= 4 is 16.6 Å². The van der Waals surface area contributed by atoms with E-state index in [9.17, 15) is 4.79 Å². The number of aromatic nitrogens is 4. The highest BCUT2D eigenvalue weighted by molar-refractivity contribution is 5.80. The van der Waals surface area contributed by atoms with E-state index in [-0.39, 0.29) is 11.6 Å². The standard InChI is InChI=1S/C25H27N5O2/c1-17(8-9-19-10-12-22(32-3)13-11-19)27-24-14-21(28-18(2)29-24)16-30-25(31)23-7-5-4-6-20(23)15-26-30/h4-7,10-15,17H,8-9,16H2,1-3H3,(H,27,28,29). The third-order valence-electron chi connectivity index (χ3n) is 5.38. The Morgan fingerprint density at radius 3 is 2.66 bits per heavy atom. The van der Waals surface area contributed by atoms with Crippen molar-refractivity contribution in [1.82, 2.24) is 19.7 Å². The largest absolute Gasteiger partial charge is 0.497 e. The molecule has 2 heterocycles. The van der Waals surface area contributed by atoms with Gasteiger partial charge in [-0.25, -0.2) is 14.6 Å². The minimum Gasteiger partial charge on any atom is -0.497 e. The Morgan fingerprint density at radius 2 is 1.88 bits per heavy atom. The van der Waals surface area contributed by atoms with Crippen molar-refractivity contribution in [2.24, 2.45) is 0 Å². The highest BCUT2D eigenvalue weighted by atomic mass is 16.5. The number of hydrogen-bond donors (Lipinski definition) is 1. The molecule has 4 aromatic rings. The Labute approximate surface area is 187 Å². The number of aryl methyl sites for hydroxylation is 2. The van der Waals surface area contributed by atoms with Crippen LogP contribution in [-0.4, -0.2) is 32.9 Å². The predicted octanol–water partition coefficient (Wildman–Crippen LogP) is 3.99. The molecule has 2 aromatic carbocycles. The lowest BCUT2D eigenvalue weighted by Crippen LogP contribution is -2.24. The molecular weight excluding hydrogens is 402 g/mol. The van der Waals surface area contributed by atoms with Crippen LogP contribution < -0.4 is 15.6 Å². The van der Waals surface area contributed by atoms with E-state index in [4.69, 9.17) is 4.74 Å². The fourth-order valence-electron chi connectivity index (χ4n) is 3.68. The summed E-state index contributed by atoms with van der Waals surface area (Å²) in [6, 6.07) is 17.7. The van der Waals surface area contributed by atoms with Crippen LogP contribution in [0.5, 0.6) is 5.75 Å². The van der Waals surface area contributed by atoms with Crippen molar-refractivity contribution in [3.05, 3.63) is 88.2 Å². The molecule has 0 saturated heterocycles. The number of nitrogens with one attached hydrogen (secondary N) is 1. The van der Waals surface area contributed by atoms with Gasteiger partial charge in [-0.15, -0.1) is 0 Å². The number of ether oxygens (including phenoxy) is 1. The molecule has 0 bridgehead atoms.